The second-order valence-electron chi connectivity index (χ2n) is 2.26. The fourth-order valence-corrected chi connectivity index (χ4v) is 0.408. The van der Waals surface area contributed by atoms with Crippen LogP contribution in [0.15, 0.2) is 9.98 Å². The topological polar surface area (TPSA) is 69.0 Å². The Kier molecular flexibility index (Phi) is 6.45. The van der Waals surface area contributed by atoms with Gasteiger partial charge in [-0.3, -0.25) is 15.6 Å². The zero-order valence-electron chi connectivity index (χ0n) is 7.65. The lowest BCUT2D eigenvalue weighted by Crippen LogP contribution is -2.25. The molecule has 3 N–H and O–H groups in total. The van der Waals surface area contributed by atoms with Crippen molar-refractivity contribution < 1.29 is 5.11 Å². The molecule has 0 aliphatic rings. The first-order chi connectivity index (χ1) is 5.70. The molecule has 0 saturated carbocycles. The van der Waals surface area contributed by atoms with Gasteiger partial charge in [0.2, 0.25) is 0 Å². The van der Waals surface area contributed by atoms with Crippen LogP contribution < -0.4 is 10.6 Å². The van der Waals surface area contributed by atoms with E-state index in [-0.39, 0.29) is 6.17 Å². The molecule has 2 unspecified atom stereocenters. The number of aliphatic hydroxyl groups is 1. The lowest BCUT2D eigenvalue weighted by molar-refractivity contribution is 0.219. The summed E-state index contributed by atoms with van der Waals surface area (Å²) in [5.74, 6) is 0. The first kappa shape index (κ1) is 11.2. The average molecular weight is 172 g/mol. The van der Waals surface area contributed by atoms with Crippen molar-refractivity contribution in [3.8, 4) is 0 Å². The van der Waals surface area contributed by atoms with E-state index in [0.717, 1.165) is 0 Å². The van der Waals surface area contributed by atoms with Crippen LogP contribution in [0.25, 0.3) is 0 Å². The second kappa shape index (κ2) is 6.90. The normalized spacial score (nSPS) is 17.3. The quantitative estimate of drug-likeness (QED) is 0.288. The van der Waals surface area contributed by atoms with E-state index >= 15 is 0 Å². The molecule has 0 aliphatic heterocycles. The van der Waals surface area contributed by atoms with E-state index in [1.54, 1.807) is 7.05 Å². The Balaban J connectivity index is 3.65. The average Bonchev–Trinajstić information content (AvgIpc) is 2.11. The van der Waals surface area contributed by atoms with E-state index in [9.17, 15) is 0 Å². The van der Waals surface area contributed by atoms with Crippen molar-refractivity contribution in [3.63, 3.8) is 0 Å². The van der Waals surface area contributed by atoms with Crippen molar-refractivity contribution in [1.29, 1.82) is 0 Å². The van der Waals surface area contributed by atoms with Crippen LogP contribution in [-0.4, -0.2) is 44.1 Å². The van der Waals surface area contributed by atoms with Gasteiger partial charge < -0.3 is 5.11 Å². The molecular weight excluding hydrogens is 156 g/mol. The molecule has 0 fully saturated rings. The zero-order valence-corrected chi connectivity index (χ0v) is 7.65. The summed E-state index contributed by atoms with van der Waals surface area (Å²) in [6.07, 6.45) is 2.11. The van der Waals surface area contributed by atoms with Gasteiger partial charge in [0.05, 0.1) is 6.17 Å². The SMILES string of the molecule is CNC(O)/C=N/C=N\C(C)NC. The van der Waals surface area contributed by atoms with E-state index in [0.29, 0.717) is 0 Å². The Morgan fingerprint density at radius 3 is 2.50 bits per heavy atom. The maximum atomic E-state index is 8.94. The molecule has 0 saturated heterocycles. The molecule has 5 heteroatoms. The number of hydrogen-bond donors (Lipinski definition) is 3. The maximum Gasteiger partial charge on any atom is 0.141 e. The first-order valence-corrected chi connectivity index (χ1v) is 3.78. The minimum Gasteiger partial charge on any atom is -0.373 e. The largest absolute Gasteiger partial charge is 0.373 e. The van der Waals surface area contributed by atoms with Gasteiger partial charge in [-0.25, -0.2) is 4.99 Å². The minimum absolute atomic E-state index is 0.0499. The summed E-state index contributed by atoms with van der Waals surface area (Å²) in [7, 11) is 3.46. The van der Waals surface area contributed by atoms with Crippen LogP contribution in [0.3, 0.4) is 0 Å². The van der Waals surface area contributed by atoms with Crippen LogP contribution >= 0.6 is 0 Å². The third kappa shape index (κ3) is 5.96. The molecule has 0 rings (SSSR count). The van der Waals surface area contributed by atoms with Gasteiger partial charge in [-0.05, 0) is 21.0 Å². The standard InChI is InChI=1S/C7H16N4O/c1-6(8-2)11-5-10-4-7(12)9-3/h4-9,12H,1-3H3/b10-4+,11-5-. The van der Waals surface area contributed by atoms with Crippen LogP contribution in [0.2, 0.25) is 0 Å². The minimum atomic E-state index is -0.707. The first-order valence-electron chi connectivity index (χ1n) is 3.78. The van der Waals surface area contributed by atoms with E-state index in [2.05, 4.69) is 20.6 Å². The summed E-state index contributed by atoms with van der Waals surface area (Å²) >= 11 is 0. The number of rotatable bonds is 5. The summed E-state index contributed by atoms with van der Waals surface area (Å²) < 4.78 is 0. The van der Waals surface area contributed by atoms with Crippen molar-refractivity contribution in [2.24, 2.45) is 9.98 Å². The Bertz CT molecular complexity index is 139. The molecule has 0 aromatic carbocycles. The summed E-state index contributed by atoms with van der Waals surface area (Å²) in [6.45, 7) is 1.90. The van der Waals surface area contributed by atoms with Crippen LogP contribution in [0.4, 0.5) is 0 Å². The van der Waals surface area contributed by atoms with Gasteiger partial charge in [-0.15, -0.1) is 0 Å². The third-order valence-electron chi connectivity index (χ3n) is 1.30. The monoisotopic (exact) mass is 172 g/mol. The molecule has 70 valence electrons. The molecule has 0 spiro atoms. The number of aliphatic hydroxyl groups excluding tert-OH is 1. The summed E-state index contributed by atoms with van der Waals surface area (Å²) in [5.41, 5.74) is 0. The van der Waals surface area contributed by atoms with E-state index in [1.807, 2.05) is 14.0 Å². The molecule has 0 aliphatic carbocycles. The predicted octanol–water partition coefficient (Wildman–Crippen LogP) is -0.811. The van der Waals surface area contributed by atoms with Crippen molar-refractivity contribution in [2.75, 3.05) is 14.1 Å². The molecular formula is C7H16N4O. The summed E-state index contributed by atoms with van der Waals surface area (Å²) in [5, 5.41) is 14.5. The highest BCUT2D eigenvalue weighted by Crippen LogP contribution is 1.78. The van der Waals surface area contributed by atoms with Crippen LogP contribution in [0.5, 0.6) is 0 Å². The van der Waals surface area contributed by atoms with E-state index < -0.39 is 6.23 Å². The summed E-state index contributed by atoms with van der Waals surface area (Å²) in [4.78, 5) is 7.74. The van der Waals surface area contributed by atoms with Crippen LogP contribution in [0.1, 0.15) is 6.92 Å². The van der Waals surface area contributed by atoms with Gasteiger partial charge in [0.25, 0.3) is 0 Å². The third-order valence-corrected chi connectivity index (χ3v) is 1.30. The molecule has 5 nitrogen and oxygen atoms in total. The summed E-state index contributed by atoms with van der Waals surface area (Å²) in [6, 6.07) is 0. The highest BCUT2D eigenvalue weighted by atomic mass is 16.3. The predicted molar refractivity (Wildman–Crippen MR) is 50.6 cm³/mol. The van der Waals surface area contributed by atoms with Crippen molar-refractivity contribution >= 4 is 12.6 Å². The second-order valence-corrected chi connectivity index (χ2v) is 2.26. The Morgan fingerprint density at radius 1 is 1.33 bits per heavy atom. The Labute approximate surface area is 72.6 Å². The van der Waals surface area contributed by atoms with Gasteiger partial charge in [0.1, 0.15) is 12.6 Å². The molecule has 0 amide bonds. The van der Waals surface area contributed by atoms with Crippen LogP contribution in [-0.2, 0) is 0 Å². The van der Waals surface area contributed by atoms with Gasteiger partial charge in [0.15, 0.2) is 0 Å². The van der Waals surface area contributed by atoms with Gasteiger partial charge in [0, 0.05) is 6.21 Å². The molecule has 0 bridgehead atoms. The number of nitrogens with one attached hydrogen (secondary N) is 2. The fourth-order valence-electron chi connectivity index (χ4n) is 0.408. The van der Waals surface area contributed by atoms with Gasteiger partial charge in [-0.1, -0.05) is 0 Å². The smallest absolute Gasteiger partial charge is 0.141 e. The molecule has 0 heterocycles. The fraction of sp³-hybridized carbons (Fsp3) is 0.714. The number of aliphatic imine (C=N–C) groups is 2. The van der Waals surface area contributed by atoms with E-state index in [1.165, 1.54) is 12.6 Å². The lowest BCUT2D eigenvalue weighted by Gasteiger charge is -2.01. The molecule has 0 aromatic rings. The highest BCUT2D eigenvalue weighted by Gasteiger charge is 1.90. The number of hydrogen-bond acceptors (Lipinski definition) is 4. The molecule has 2 atom stereocenters. The Morgan fingerprint density at radius 2 is 2.00 bits per heavy atom. The van der Waals surface area contributed by atoms with Crippen molar-refractivity contribution in [1.82, 2.24) is 10.6 Å². The van der Waals surface area contributed by atoms with E-state index in [4.69, 9.17) is 5.11 Å². The Hall–Kier alpha value is -0.780. The molecule has 0 aromatic heterocycles. The zero-order chi connectivity index (χ0) is 9.40. The highest BCUT2D eigenvalue weighted by molar-refractivity contribution is 5.74. The van der Waals surface area contributed by atoms with Gasteiger partial charge in [-0.2, -0.15) is 0 Å². The van der Waals surface area contributed by atoms with Crippen LogP contribution in [0, 0.1) is 0 Å². The lowest BCUT2D eigenvalue weighted by atomic mass is 10.6. The molecule has 0 radical (unpaired) electrons. The maximum absolute atomic E-state index is 8.94. The van der Waals surface area contributed by atoms with Crippen molar-refractivity contribution in [2.45, 2.75) is 19.3 Å². The number of nitrogens with zero attached hydrogens (tertiary/aromatic N) is 2. The molecule has 12 heavy (non-hydrogen) atoms. The van der Waals surface area contributed by atoms with Gasteiger partial charge >= 0.3 is 0 Å². The van der Waals surface area contributed by atoms with Crippen molar-refractivity contribution in [3.05, 3.63) is 0 Å².